The first-order valence-electron chi connectivity index (χ1n) is 11.9. The number of aliphatic hydroxyl groups is 1. The normalized spacial score (nSPS) is 19.9. The Morgan fingerprint density at radius 3 is 2.86 bits per heavy atom. The topological polar surface area (TPSA) is 119 Å². The van der Waals surface area contributed by atoms with Crippen molar-refractivity contribution in [1.29, 1.82) is 5.26 Å². The van der Waals surface area contributed by atoms with Crippen LogP contribution in [0, 0.1) is 11.3 Å². The van der Waals surface area contributed by atoms with E-state index in [4.69, 9.17) is 21.3 Å². The van der Waals surface area contributed by atoms with E-state index in [2.05, 4.69) is 38.6 Å². The third-order valence-electron chi connectivity index (χ3n) is 6.87. The van der Waals surface area contributed by atoms with E-state index in [0.29, 0.717) is 40.3 Å². The maximum atomic E-state index is 9.99. The molecule has 3 aromatic rings. The second kappa shape index (κ2) is 9.90. The lowest BCUT2D eigenvalue weighted by atomic mass is 9.83. The predicted octanol–water partition coefficient (Wildman–Crippen LogP) is 3.96. The Labute approximate surface area is 215 Å². The highest BCUT2D eigenvalue weighted by Crippen LogP contribution is 2.41. The molecule has 9 nitrogen and oxygen atoms in total. The maximum Gasteiger partial charge on any atom is 0.238 e. The lowest BCUT2D eigenvalue weighted by Gasteiger charge is -2.29. The van der Waals surface area contributed by atoms with Crippen LogP contribution in [0.2, 0.25) is 5.02 Å². The number of benzene rings is 1. The molecule has 10 heteroatoms. The molecule has 1 saturated heterocycles. The highest BCUT2D eigenvalue weighted by molar-refractivity contribution is 6.30. The molecule has 36 heavy (non-hydrogen) atoms. The summed E-state index contributed by atoms with van der Waals surface area (Å²) < 4.78 is 6.21. The van der Waals surface area contributed by atoms with Gasteiger partial charge in [0.15, 0.2) is 0 Å². The number of piperidine rings is 1. The number of aliphatic hydroxyl groups excluding tert-OH is 1. The van der Waals surface area contributed by atoms with Crippen molar-refractivity contribution in [2.24, 2.45) is 0 Å². The van der Waals surface area contributed by atoms with Gasteiger partial charge in [0, 0.05) is 43.0 Å². The number of nitriles is 1. The number of nitrogens with zero attached hydrogens (tertiary/aromatic N) is 5. The molecule has 0 amide bonds. The molecule has 1 fully saturated rings. The summed E-state index contributed by atoms with van der Waals surface area (Å²) >= 11 is 6.24. The van der Waals surface area contributed by atoms with Crippen LogP contribution >= 0.6 is 11.6 Å². The SMILES string of the molecule is CN1CCC(Oc2ncc(Cl)cc2Nc2nccc(-c3cc(C#N)c4c(c3)C(C)(CO)CN4)n2)CC1. The van der Waals surface area contributed by atoms with Crippen LogP contribution in [-0.2, 0) is 5.41 Å². The van der Waals surface area contributed by atoms with Gasteiger partial charge in [0.25, 0.3) is 0 Å². The molecule has 0 radical (unpaired) electrons. The minimum Gasteiger partial charge on any atom is -0.473 e. The Balaban J connectivity index is 1.44. The van der Waals surface area contributed by atoms with Gasteiger partial charge in [0.05, 0.1) is 28.6 Å². The van der Waals surface area contributed by atoms with E-state index >= 15 is 0 Å². The third-order valence-corrected chi connectivity index (χ3v) is 7.08. The quantitative estimate of drug-likeness (QED) is 0.457. The molecule has 3 N–H and O–H groups in total. The molecular formula is C26H28ClN7O2. The number of pyridine rings is 1. The molecule has 0 saturated carbocycles. The molecule has 4 heterocycles. The summed E-state index contributed by atoms with van der Waals surface area (Å²) in [5, 5.41) is 26.7. The smallest absolute Gasteiger partial charge is 0.238 e. The fourth-order valence-electron chi connectivity index (χ4n) is 4.64. The van der Waals surface area contributed by atoms with Crippen molar-refractivity contribution in [1.82, 2.24) is 19.9 Å². The zero-order chi connectivity index (χ0) is 25.3. The van der Waals surface area contributed by atoms with Crippen molar-refractivity contribution in [3.8, 4) is 23.2 Å². The number of likely N-dealkylation sites (tertiary alicyclic amines) is 1. The zero-order valence-corrected chi connectivity index (χ0v) is 21.0. The van der Waals surface area contributed by atoms with E-state index in [1.807, 2.05) is 13.0 Å². The molecule has 1 aromatic carbocycles. The van der Waals surface area contributed by atoms with Crippen LogP contribution in [-0.4, -0.2) is 64.4 Å². The van der Waals surface area contributed by atoms with Gasteiger partial charge in [0.1, 0.15) is 17.9 Å². The number of hydrogen-bond acceptors (Lipinski definition) is 9. The molecule has 5 rings (SSSR count). The maximum absolute atomic E-state index is 9.99. The van der Waals surface area contributed by atoms with Crippen molar-refractivity contribution in [2.75, 3.05) is 43.9 Å². The van der Waals surface area contributed by atoms with Crippen molar-refractivity contribution < 1.29 is 9.84 Å². The number of halogens is 1. The van der Waals surface area contributed by atoms with E-state index in [-0.39, 0.29) is 12.7 Å². The van der Waals surface area contributed by atoms with Gasteiger partial charge in [-0.3, -0.25) is 0 Å². The lowest BCUT2D eigenvalue weighted by molar-refractivity contribution is 0.110. The Kier molecular flexibility index (Phi) is 6.67. The van der Waals surface area contributed by atoms with E-state index in [1.165, 1.54) is 0 Å². The first-order valence-corrected chi connectivity index (χ1v) is 12.3. The lowest BCUT2D eigenvalue weighted by Crippen LogP contribution is -2.35. The highest BCUT2D eigenvalue weighted by atomic mass is 35.5. The Morgan fingerprint density at radius 2 is 2.11 bits per heavy atom. The number of aromatic nitrogens is 3. The molecule has 2 aromatic heterocycles. The minimum atomic E-state index is -0.475. The fourth-order valence-corrected chi connectivity index (χ4v) is 4.79. The summed E-state index contributed by atoms with van der Waals surface area (Å²) in [6.07, 6.45) is 5.14. The van der Waals surface area contributed by atoms with E-state index < -0.39 is 5.41 Å². The average Bonchev–Trinajstić information content (AvgIpc) is 3.23. The largest absolute Gasteiger partial charge is 0.473 e. The van der Waals surface area contributed by atoms with Crippen LogP contribution in [0.5, 0.6) is 5.88 Å². The van der Waals surface area contributed by atoms with Gasteiger partial charge < -0.3 is 25.4 Å². The van der Waals surface area contributed by atoms with Gasteiger partial charge in [-0.15, -0.1) is 0 Å². The number of fused-ring (bicyclic) bond motifs is 1. The summed E-state index contributed by atoms with van der Waals surface area (Å²) in [6, 6.07) is 9.58. The van der Waals surface area contributed by atoms with Gasteiger partial charge in [0.2, 0.25) is 11.8 Å². The van der Waals surface area contributed by atoms with Crippen molar-refractivity contribution >= 4 is 28.9 Å². The molecule has 2 aliphatic heterocycles. The van der Waals surface area contributed by atoms with Gasteiger partial charge in [-0.25, -0.2) is 15.0 Å². The van der Waals surface area contributed by atoms with Crippen LogP contribution in [0.25, 0.3) is 11.3 Å². The summed E-state index contributed by atoms with van der Waals surface area (Å²) in [4.78, 5) is 15.8. The number of nitrogens with one attached hydrogen (secondary N) is 2. The van der Waals surface area contributed by atoms with Crippen LogP contribution in [0.1, 0.15) is 30.9 Å². The van der Waals surface area contributed by atoms with Gasteiger partial charge in [-0.1, -0.05) is 18.5 Å². The molecule has 0 bridgehead atoms. The molecule has 186 valence electrons. The molecule has 0 spiro atoms. The van der Waals surface area contributed by atoms with Gasteiger partial charge in [-0.05, 0) is 49.7 Å². The minimum absolute atomic E-state index is 0.0280. The van der Waals surface area contributed by atoms with Crippen LogP contribution in [0.4, 0.5) is 17.3 Å². The number of ether oxygens (including phenoxy) is 1. The molecule has 1 unspecified atom stereocenters. The summed E-state index contributed by atoms with van der Waals surface area (Å²) in [5.74, 6) is 0.809. The van der Waals surface area contributed by atoms with E-state index in [9.17, 15) is 10.4 Å². The van der Waals surface area contributed by atoms with Crippen LogP contribution in [0.15, 0.2) is 36.7 Å². The second-order valence-corrected chi connectivity index (χ2v) is 10.1. The van der Waals surface area contributed by atoms with Crippen molar-refractivity contribution in [2.45, 2.75) is 31.3 Å². The monoisotopic (exact) mass is 505 g/mol. The molecule has 1 atom stereocenters. The van der Waals surface area contributed by atoms with Crippen molar-refractivity contribution in [3.63, 3.8) is 0 Å². The van der Waals surface area contributed by atoms with Gasteiger partial charge >= 0.3 is 0 Å². The number of anilines is 3. The van der Waals surface area contributed by atoms with Crippen LogP contribution < -0.4 is 15.4 Å². The predicted molar refractivity (Wildman–Crippen MR) is 139 cm³/mol. The molecule has 0 aliphatic carbocycles. The molecule has 2 aliphatic rings. The third kappa shape index (κ3) is 4.80. The standard InChI is InChI=1S/C26H28ClN7O2/c1-26(15-35)14-31-23-17(12-28)9-16(10-20(23)26)21-3-6-29-25(32-21)33-22-11-18(27)13-30-24(22)36-19-4-7-34(2)8-5-19/h3,6,9-11,13,19,31,35H,4-5,7-8,14-15H2,1-2H3,(H,29,32,33). The van der Waals surface area contributed by atoms with Crippen molar-refractivity contribution in [3.05, 3.63) is 52.8 Å². The second-order valence-electron chi connectivity index (χ2n) is 9.65. The zero-order valence-electron chi connectivity index (χ0n) is 20.3. The number of hydrogen-bond donors (Lipinski definition) is 3. The summed E-state index contributed by atoms with van der Waals surface area (Å²) in [7, 11) is 2.11. The highest BCUT2D eigenvalue weighted by Gasteiger charge is 2.36. The van der Waals surface area contributed by atoms with Crippen LogP contribution in [0.3, 0.4) is 0 Å². The summed E-state index contributed by atoms with van der Waals surface area (Å²) in [5.41, 5.74) is 3.71. The first kappa shape index (κ1) is 24.3. The number of rotatable bonds is 6. The first-order chi connectivity index (χ1) is 17.4. The summed E-state index contributed by atoms with van der Waals surface area (Å²) in [6.45, 7) is 4.46. The average molecular weight is 506 g/mol. The Bertz CT molecular complexity index is 1320. The van der Waals surface area contributed by atoms with E-state index in [1.54, 1.807) is 30.6 Å². The Morgan fingerprint density at radius 1 is 1.31 bits per heavy atom. The molecular weight excluding hydrogens is 478 g/mol. The van der Waals surface area contributed by atoms with Gasteiger partial charge in [-0.2, -0.15) is 5.26 Å². The fraction of sp³-hybridized carbons (Fsp3) is 0.385. The van der Waals surface area contributed by atoms with E-state index in [0.717, 1.165) is 42.7 Å². The Hall–Kier alpha value is -3.45.